The Bertz CT molecular complexity index is 627. The third-order valence-electron chi connectivity index (χ3n) is 4.49. The summed E-state index contributed by atoms with van der Waals surface area (Å²) in [7, 11) is 0. The lowest BCUT2D eigenvalue weighted by atomic mass is 10.1. The number of hydrogen-bond acceptors (Lipinski definition) is 2. The van der Waals surface area contributed by atoms with Crippen molar-refractivity contribution >= 4 is 5.70 Å². The molecule has 3 nitrogen and oxygen atoms in total. The number of hydrogen-bond donors (Lipinski definition) is 0. The highest BCUT2D eigenvalue weighted by Gasteiger charge is 2.26. The van der Waals surface area contributed by atoms with E-state index in [0.29, 0.717) is 6.04 Å². The molecule has 20 heavy (non-hydrogen) atoms. The number of pyridine rings is 1. The predicted octanol–water partition coefficient (Wildman–Crippen LogP) is 3.26. The summed E-state index contributed by atoms with van der Waals surface area (Å²) in [4.78, 5) is 6.69. The van der Waals surface area contributed by atoms with E-state index in [1.807, 2.05) is 12.4 Å². The summed E-state index contributed by atoms with van der Waals surface area (Å²) in [5.41, 5.74) is 3.95. The van der Waals surface area contributed by atoms with Gasteiger partial charge in [0.1, 0.15) is 0 Å². The van der Waals surface area contributed by atoms with E-state index in [-0.39, 0.29) is 0 Å². The minimum atomic E-state index is 0.672. The smallest absolute Gasteiger partial charge is 0.0298 e. The molecule has 2 aromatic heterocycles. The average molecular weight is 265 g/mol. The van der Waals surface area contributed by atoms with Crippen molar-refractivity contribution in [1.29, 1.82) is 0 Å². The summed E-state index contributed by atoms with van der Waals surface area (Å²) >= 11 is 0. The largest absolute Gasteiger partial charge is 0.327 e. The highest BCUT2D eigenvalue weighted by Crippen LogP contribution is 2.29. The fourth-order valence-corrected chi connectivity index (χ4v) is 3.39. The molecule has 2 aromatic rings. The molecule has 0 aromatic carbocycles. The first kappa shape index (κ1) is 11.9. The molecule has 0 bridgehead atoms. The van der Waals surface area contributed by atoms with E-state index < -0.39 is 0 Å². The lowest BCUT2D eigenvalue weighted by Crippen LogP contribution is -2.33. The zero-order chi connectivity index (χ0) is 13.4. The molecule has 0 N–H and O–H groups in total. The molecule has 0 radical (unpaired) electrons. The molecule has 4 rings (SSSR count). The van der Waals surface area contributed by atoms with Crippen molar-refractivity contribution in [3.8, 4) is 11.1 Å². The average Bonchev–Trinajstić information content (AvgIpc) is 3.16. The van der Waals surface area contributed by atoms with E-state index in [2.05, 4.69) is 51.1 Å². The summed E-state index contributed by atoms with van der Waals surface area (Å²) in [5.74, 6) is 0. The zero-order valence-electron chi connectivity index (χ0n) is 11.6. The van der Waals surface area contributed by atoms with Crippen LogP contribution >= 0.6 is 0 Å². The van der Waals surface area contributed by atoms with E-state index in [9.17, 15) is 0 Å². The second-order valence-electron chi connectivity index (χ2n) is 5.70. The van der Waals surface area contributed by atoms with E-state index >= 15 is 0 Å². The SMILES string of the molecule is C1=C(n2ccc(-c3ccncc3)c2)CCN2CCCC12. The first-order valence-electron chi connectivity index (χ1n) is 7.44. The second kappa shape index (κ2) is 4.91. The Balaban J connectivity index is 1.62. The number of aromatic nitrogens is 2. The van der Waals surface area contributed by atoms with Gasteiger partial charge in [0.15, 0.2) is 0 Å². The fourth-order valence-electron chi connectivity index (χ4n) is 3.39. The molecule has 2 aliphatic rings. The number of fused-ring (bicyclic) bond motifs is 1. The van der Waals surface area contributed by atoms with Crippen LogP contribution in [0.25, 0.3) is 16.8 Å². The maximum atomic E-state index is 4.08. The Kier molecular flexibility index (Phi) is 2.92. The summed E-state index contributed by atoms with van der Waals surface area (Å²) in [6.45, 7) is 2.49. The topological polar surface area (TPSA) is 21.1 Å². The molecule has 2 aliphatic heterocycles. The van der Waals surface area contributed by atoms with Gasteiger partial charge in [-0.25, -0.2) is 0 Å². The Morgan fingerprint density at radius 2 is 1.95 bits per heavy atom. The van der Waals surface area contributed by atoms with Gasteiger partial charge in [-0.2, -0.15) is 0 Å². The molecule has 0 saturated carbocycles. The Hall–Kier alpha value is -1.87. The van der Waals surface area contributed by atoms with Gasteiger partial charge in [-0.1, -0.05) is 0 Å². The standard InChI is InChI=1S/C17H19N3/c1-2-16-12-17(6-11-19(16)9-1)20-10-5-15(13-20)14-3-7-18-8-4-14/h3-5,7-8,10,12-13,16H,1-2,6,9,11H2. The van der Waals surface area contributed by atoms with Crippen LogP contribution in [0.15, 0.2) is 49.1 Å². The number of nitrogens with zero attached hydrogens (tertiary/aromatic N) is 3. The van der Waals surface area contributed by atoms with Gasteiger partial charge in [-0.3, -0.25) is 9.88 Å². The van der Waals surface area contributed by atoms with Crippen molar-refractivity contribution in [2.45, 2.75) is 25.3 Å². The minimum absolute atomic E-state index is 0.672. The maximum Gasteiger partial charge on any atom is 0.0298 e. The normalized spacial score (nSPS) is 22.6. The summed E-state index contributed by atoms with van der Waals surface area (Å²) in [6.07, 6.45) is 14.4. The van der Waals surface area contributed by atoms with Gasteiger partial charge in [-0.05, 0) is 54.8 Å². The Morgan fingerprint density at radius 1 is 1.05 bits per heavy atom. The highest BCUT2D eigenvalue weighted by molar-refractivity contribution is 5.64. The molecule has 4 heterocycles. The summed E-state index contributed by atoms with van der Waals surface area (Å²) in [5, 5.41) is 0. The lowest BCUT2D eigenvalue weighted by molar-refractivity contribution is 0.285. The van der Waals surface area contributed by atoms with Crippen LogP contribution in [-0.4, -0.2) is 33.6 Å². The van der Waals surface area contributed by atoms with Crippen molar-refractivity contribution in [1.82, 2.24) is 14.5 Å². The van der Waals surface area contributed by atoms with Crippen LogP contribution in [0.2, 0.25) is 0 Å². The van der Waals surface area contributed by atoms with Crippen LogP contribution in [0, 0.1) is 0 Å². The van der Waals surface area contributed by atoms with E-state index in [1.165, 1.54) is 42.8 Å². The molecule has 1 unspecified atom stereocenters. The van der Waals surface area contributed by atoms with Crippen molar-refractivity contribution < 1.29 is 0 Å². The molecule has 0 aliphatic carbocycles. The first-order valence-corrected chi connectivity index (χ1v) is 7.44. The summed E-state index contributed by atoms with van der Waals surface area (Å²) in [6, 6.07) is 6.99. The van der Waals surface area contributed by atoms with Gasteiger partial charge in [0.25, 0.3) is 0 Å². The lowest BCUT2D eigenvalue weighted by Gasteiger charge is -2.28. The molecule has 1 atom stereocenters. The molecule has 1 saturated heterocycles. The third-order valence-corrected chi connectivity index (χ3v) is 4.49. The highest BCUT2D eigenvalue weighted by atomic mass is 15.2. The van der Waals surface area contributed by atoms with E-state index in [0.717, 1.165) is 6.42 Å². The quantitative estimate of drug-likeness (QED) is 0.831. The monoisotopic (exact) mass is 265 g/mol. The van der Waals surface area contributed by atoms with E-state index in [4.69, 9.17) is 0 Å². The van der Waals surface area contributed by atoms with Crippen LogP contribution in [-0.2, 0) is 0 Å². The molecule has 0 amide bonds. The van der Waals surface area contributed by atoms with Gasteiger partial charge in [-0.15, -0.1) is 0 Å². The molecular formula is C17H19N3. The van der Waals surface area contributed by atoms with E-state index in [1.54, 1.807) is 0 Å². The molecule has 3 heteroatoms. The third kappa shape index (κ3) is 2.08. The van der Waals surface area contributed by atoms with Gasteiger partial charge < -0.3 is 4.57 Å². The van der Waals surface area contributed by atoms with Crippen LogP contribution in [0.4, 0.5) is 0 Å². The van der Waals surface area contributed by atoms with Crippen LogP contribution in [0.1, 0.15) is 19.3 Å². The van der Waals surface area contributed by atoms with Crippen molar-refractivity contribution in [2.75, 3.05) is 13.1 Å². The molecule has 1 fully saturated rings. The van der Waals surface area contributed by atoms with Crippen LogP contribution in [0.5, 0.6) is 0 Å². The second-order valence-corrected chi connectivity index (χ2v) is 5.70. The number of rotatable bonds is 2. The van der Waals surface area contributed by atoms with Gasteiger partial charge >= 0.3 is 0 Å². The maximum absolute atomic E-state index is 4.08. The van der Waals surface area contributed by atoms with Gasteiger partial charge in [0, 0.05) is 49.5 Å². The van der Waals surface area contributed by atoms with Gasteiger partial charge in [0.2, 0.25) is 0 Å². The van der Waals surface area contributed by atoms with Crippen molar-refractivity contribution in [2.24, 2.45) is 0 Å². The van der Waals surface area contributed by atoms with Crippen LogP contribution < -0.4 is 0 Å². The van der Waals surface area contributed by atoms with Crippen molar-refractivity contribution in [3.05, 3.63) is 49.1 Å². The Morgan fingerprint density at radius 3 is 2.85 bits per heavy atom. The summed E-state index contributed by atoms with van der Waals surface area (Å²) < 4.78 is 2.30. The predicted molar refractivity (Wildman–Crippen MR) is 81.1 cm³/mol. The van der Waals surface area contributed by atoms with Gasteiger partial charge in [0.05, 0.1) is 0 Å². The molecular weight excluding hydrogens is 246 g/mol. The first-order chi connectivity index (χ1) is 9.90. The molecule has 0 spiro atoms. The van der Waals surface area contributed by atoms with Crippen LogP contribution in [0.3, 0.4) is 0 Å². The minimum Gasteiger partial charge on any atom is -0.327 e. The van der Waals surface area contributed by atoms with Crippen molar-refractivity contribution in [3.63, 3.8) is 0 Å². The molecule has 102 valence electrons. The zero-order valence-corrected chi connectivity index (χ0v) is 11.6. The Labute approximate surface area is 119 Å². The fraction of sp³-hybridized carbons (Fsp3) is 0.353.